The van der Waals surface area contributed by atoms with Gasteiger partial charge in [0, 0.05) is 23.1 Å². The zero-order valence-corrected chi connectivity index (χ0v) is 10.6. The van der Waals surface area contributed by atoms with Crippen molar-refractivity contribution in [1.29, 1.82) is 0 Å². The molecule has 90 valence electrons. The number of fused-ring (bicyclic) bond motifs is 1. The van der Waals surface area contributed by atoms with Gasteiger partial charge in [0.25, 0.3) is 5.78 Å². The highest BCUT2D eigenvalue weighted by molar-refractivity contribution is 7.08. The molecule has 0 atom stereocenters. The van der Waals surface area contributed by atoms with Gasteiger partial charge in [-0.05, 0) is 30.4 Å². The molecule has 5 heteroatoms. The highest BCUT2D eigenvalue weighted by Crippen LogP contribution is 2.34. The van der Waals surface area contributed by atoms with E-state index in [1.54, 1.807) is 11.3 Å². The molecule has 4 nitrogen and oxygen atoms in total. The zero-order chi connectivity index (χ0) is 11.9. The van der Waals surface area contributed by atoms with Gasteiger partial charge < -0.3 is 0 Å². The van der Waals surface area contributed by atoms with Crippen LogP contribution in [0.15, 0.2) is 29.1 Å². The van der Waals surface area contributed by atoms with Gasteiger partial charge in [-0.25, -0.2) is 4.98 Å². The summed E-state index contributed by atoms with van der Waals surface area (Å²) in [6, 6.07) is 4.10. The van der Waals surface area contributed by atoms with Crippen LogP contribution in [0, 0.1) is 0 Å². The van der Waals surface area contributed by atoms with E-state index in [-0.39, 0.29) is 0 Å². The second-order valence-corrected chi connectivity index (χ2v) is 5.43. The van der Waals surface area contributed by atoms with Gasteiger partial charge in [0.1, 0.15) is 0 Å². The zero-order valence-electron chi connectivity index (χ0n) is 9.78. The average Bonchev–Trinajstić information content (AvgIpc) is 2.94. The van der Waals surface area contributed by atoms with E-state index in [0.29, 0.717) is 11.7 Å². The predicted octanol–water partition coefficient (Wildman–Crippen LogP) is 3.12. The van der Waals surface area contributed by atoms with Crippen LogP contribution in [0.3, 0.4) is 0 Å². The van der Waals surface area contributed by atoms with E-state index in [0.717, 1.165) is 11.5 Å². The molecule has 0 aromatic carbocycles. The monoisotopic (exact) mass is 256 g/mol. The summed E-state index contributed by atoms with van der Waals surface area (Å²) in [5.41, 5.74) is 2.25. The van der Waals surface area contributed by atoms with Crippen LogP contribution in [0.2, 0.25) is 0 Å². The Hall–Kier alpha value is -1.75. The molecule has 0 radical (unpaired) electrons. The Balaban J connectivity index is 1.90. The third kappa shape index (κ3) is 1.47. The van der Waals surface area contributed by atoms with Crippen LogP contribution < -0.4 is 0 Å². The minimum absolute atomic E-state index is 0.544. The fourth-order valence-electron chi connectivity index (χ4n) is 2.28. The molecule has 0 spiro atoms. The van der Waals surface area contributed by atoms with Crippen molar-refractivity contribution in [2.24, 2.45) is 0 Å². The third-order valence-electron chi connectivity index (χ3n) is 3.54. The van der Waals surface area contributed by atoms with Gasteiger partial charge in [0.05, 0.1) is 5.69 Å². The molecule has 0 saturated heterocycles. The minimum Gasteiger partial charge on any atom is -0.220 e. The van der Waals surface area contributed by atoms with E-state index < -0.39 is 0 Å². The molecule has 18 heavy (non-hydrogen) atoms. The van der Waals surface area contributed by atoms with Crippen LogP contribution in [-0.4, -0.2) is 19.6 Å². The fraction of sp³-hybridized carbons (Fsp3) is 0.308. The van der Waals surface area contributed by atoms with Crippen molar-refractivity contribution < 1.29 is 0 Å². The Kier molecular flexibility index (Phi) is 2.20. The highest BCUT2D eigenvalue weighted by Gasteiger charge is 2.24. The van der Waals surface area contributed by atoms with Crippen molar-refractivity contribution in [1.82, 2.24) is 19.6 Å². The van der Waals surface area contributed by atoms with Gasteiger partial charge in [0.15, 0.2) is 5.82 Å². The Bertz CT molecular complexity index is 682. The molecule has 1 aliphatic rings. The maximum Gasteiger partial charge on any atom is 0.252 e. The van der Waals surface area contributed by atoms with Crippen LogP contribution in [0.25, 0.3) is 17.0 Å². The third-order valence-corrected chi connectivity index (χ3v) is 4.23. The lowest BCUT2D eigenvalue weighted by Crippen LogP contribution is -2.10. The van der Waals surface area contributed by atoms with E-state index in [9.17, 15) is 0 Å². The largest absolute Gasteiger partial charge is 0.252 e. The topological polar surface area (TPSA) is 43.1 Å². The maximum atomic E-state index is 4.64. The fourth-order valence-corrected chi connectivity index (χ4v) is 2.93. The molecule has 1 fully saturated rings. The molecular formula is C13H12N4S. The highest BCUT2D eigenvalue weighted by atomic mass is 32.1. The summed E-state index contributed by atoms with van der Waals surface area (Å²) in [4.78, 5) is 8.86. The number of rotatable bonds is 2. The predicted molar refractivity (Wildman–Crippen MR) is 70.7 cm³/mol. The van der Waals surface area contributed by atoms with Crippen LogP contribution in [0.5, 0.6) is 0 Å². The summed E-state index contributed by atoms with van der Waals surface area (Å²) < 4.78 is 1.87. The molecule has 3 aromatic heterocycles. The lowest BCUT2D eigenvalue weighted by Gasteiger charge is -2.21. The van der Waals surface area contributed by atoms with Gasteiger partial charge >= 0.3 is 0 Å². The molecular weight excluding hydrogens is 244 g/mol. The first kappa shape index (κ1) is 10.2. The Labute approximate surface area is 108 Å². The van der Waals surface area contributed by atoms with Crippen molar-refractivity contribution in [3.63, 3.8) is 0 Å². The van der Waals surface area contributed by atoms with Crippen LogP contribution >= 0.6 is 11.3 Å². The van der Waals surface area contributed by atoms with Crippen molar-refractivity contribution in [3.8, 4) is 11.3 Å². The minimum atomic E-state index is 0.544. The van der Waals surface area contributed by atoms with Gasteiger partial charge in [0.2, 0.25) is 0 Å². The lowest BCUT2D eigenvalue weighted by atomic mass is 9.85. The number of hydrogen-bond donors (Lipinski definition) is 0. The summed E-state index contributed by atoms with van der Waals surface area (Å²) in [6.07, 6.45) is 5.53. The maximum absolute atomic E-state index is 4.64. The van der Waals surface area contributed by atoms with E-state index in [1.165, 1.54) is 24.8 Å². The Morgan fingerprint density at radius 3 is 2.94 bits per heavy atom. The van der Waals surface area contributed by atoms with E-state index in [4.69, 9.17) is 0 Å². The van der Waals surface area contributed by atoms with Crippen molar-refractivity contribution >= 4 is 17.1 Å². The molecule has 0 aliphatic heterocycles. The van der Waals surface area contributed by atoms with Gasteiger partial charge in [-0.1, -0.05) is 6.42 Å². The quantitative estimate of drug-likeness (QED) is 0.707. The summed E-state index contributed by atoms with van der Waals surface area (Å²) in [5, 5.41) is 8.84. The number of nitrogens with zero attached hydrogens (tertiary/aromatic N) is 4. The summed E-state index contributed by atoms with van der Waals surface area (Å²) >= 11 is 1.69. The molecule has 0 amide bonds. The number of hydrogen-bond acceptors (Lipinski definition) is 4. The molecule has 4 rings (SSSR count). The van der Waals surface area contributed by atoms with Crippen LogP contribution in [0.1, 0.15) is 31.0 Å². The SMILES string of the molecule is c1cc(-c2ccsc2)n2nc(C3CCC3)nc2n1. The summed E-state index contributed by atoms with van der Waals surface area (Å²) in [6.45, 7) is 0. The number of aromatic nitrogens is 4. The Morgan fingerprint density at radius 1 is 1.28 bits per heavy atom. The second kappa shape index (κ2) is 3.88. The van der Waals surface area contributed by atoms with Crippen molar-refractivity contribution in [2.75, 3.05) is 0 Å². The molecule has 0 unspecified atom stereocenters. The average molecular weight is 256 g/mol. The lowest BCUT2D eigenvalue weighted by molar-refractivity contribution is 0.402. The van der Waals surface area contributed by atoms with Gasteiger partial charge in [-0.2, -0.15) is 20.8 Å². The number of thiophene rings is 1. The van der Waals surface area contributed by atoms with E-state index >= 15 is 0 Å². The summed E-state index contributed by atoms with van der Waals surface area (Å²) in [5.74, 6) is 2.21. The molecule has 0 bridgehead atoms. The molecule has 3 heterocycles. The van der Waals surface area contributed by atoms with Crippen molar-refractivity contribution in [3.05, 3.63) is 34.9 Å². The van der Waals surface area contributed by atoms with Crippen molar-refractivity contribution in [2.45, 2.75) is 25.2 Å². The normalized spacial score (nSPS) is 16.0. The first-order valence-corrected chi connectivity index (χ1v) is 7.10. The smallest absolute Gasteiger partial charge is 0.220 e. The second-order valence-electron chi connectivity index (χ2n) is 4.65. The first-order valence-electron chi connectivity index (χ1n) is 6.16. The van der Waals surface area contributed by atoms with Crippen LogP contribution in [-0.2, 0) is 0 Å². The Morgan fingerprint density at radius 2 is 2.22 bits per heavy atom. The molecule has 3 aromatic rings. The molecule has 1 saturated carbocycles. The van der Waals surface area contributed by atoms with E-state index in [2.05, 4.69) is 31.9 Å². The van der Waals surface area contributed by atoms with Gasteiger partial charge in [-0.3, -0.25) is 0 Å². The first-order chi connectivity index (χ1) is 8.92. The van der Waals surface area contributed by atoms with E-state index in [1.807, 2.05) is 16.8 Å². The molecule has 0 N–H and O–H groups in total. The standard InChI is InChI=1S/C13H12N4S/c1-2-9(3-1)12-15-13-14-6-4-11(17(13)16-12)10-5-7-18-8-10/h4-9H,1-3H2. The summed E-state index contributed by atoms with van der Waals surface area (Å²) in [7, 11) is 0. The van der Waals surface area contributed by atoms with Crippen LogP contribution in [0.4, 0.5) is 0 Å². The van der Waals surface area contributed by atoms with Gasteiger partial charge in [-0.15, -0.1) is 5.10 Å². The molecule has 1 aliphatic carbocycles.